The van der Waals surface area contributed by atoms with Crippen LogP contribution in [0.5, 0.6) is 5.75 Å². The molecule has 0 atom stereocenters. The van der Waals surface area contributed by atoms with Crippen LogP contribution < -0.4 is 10.2 Å². The third-order valence-electron chi connectivity index (χ3n) is 3.34. The molecular formula is C17H26N2O2. The summed E-state index contributed by atoms with van der Waals surface area (Å²) < 4.78 is 5.17. The number of methoxy groups -OCH3 is 1. The fourth-order valence-corrected chi connectivity index (χ4v) is 2.00. The summed E-state index contributed by atoms with van der Waals surface area (Å²) in [5, 5.41) is 4.15. The van der Waals surface area contributed by atoms with Crippen LogP contribution in [0.2, 0.25) is 0 Å². The summed E-state index contributed by atoms with van der Waals surface area (Å²) in [6.07, 6.45) is 6.25. The molecule has 1 aromatic carbocycles. The molecule has 0 saturated heterocycles. The zero-order valence-electron chi connectivity index (χ0n) is 13.3. The number of nitrogens with zero attached hydrogens (tertiary/aromatic N) is 1. The first-order valence-corrected chi connectivity index (χ1v) is 7.65. The molecule has 0 saturated carbocycles. The van der Waals surface area contributed by atoms with Gasteiger partial charge in [-0.25, -0.2) is 5.43 Å². The number of carbonyl (C=O) groups is 1. The number of hydrogen-bond acceptors (Lipinski definition) is 3. The van der Waals surface area contributed by atoms with Gasteiger partial charge in [-0.3, -0.25) is 4.79 Å². The molecule has 21 heavy (non-hydrogen) atoms. The molecule has 0 fully saturated rings. The number of amides is 1. The molecule has 0 aliphatic carbocycles. The lowest BCUT2D eigenvalue weighted by Crippen LogP contribution is -2.18. The number of carbonyl (C=O) groups excluding carboxylic acids is 1. The molecule has 4 heteroatoms. The highest BCUT2D eigenvalue weighted by atomic mass is 16.5. The fourth-order valence-electron chi connectivity index (χ4n) is 2.00. The molecule has 0 spiro atoms. The van der Waals surface area contributed by atoms with E-state index in [4.69, 9.17) is 4.74 Å². The molecule has 4 nitrogen and oxygen atoms in total. The maximum atomic E-state index is 11.7. The van der Waals surface area contributed by atoms with Crippen LogP contribution in [-0.2, 0) is 4.79 Å². The van der Waals surface area contributed by atoms with Crippen molar-refractivity contribution in [2.45, 2.75) is 52.4 Å². The van der Waals surface area contributed by atoms with Gasteiger partial charge in [-0.1, -0.05) is 44.7 Å². The van der Waals surface area contributed by atoms with Crippen LogP contribution in [0.3, 0.4) is 0 Å². The van der Waals surface area contributed by atoms with Gasteiger partial charge in [0.05, 0.1) is 12.8 Å². The average molecular weight is 290 g/mol. The monoisotopic (exact) mass is 290 g/mol. The first-order chi connectivity index (χ1) is 10.2. The summed E-state index contributed by atoms with van der Waals surface area (Å²) in [4.78, 5) is 11.7. The second-order valence-electron chi connectivity index (χ2n) is 5.13. The summed E-state index contributed by atoms with van der Waals surface area (Å²) in [6, 6.07) is 7.63. The Kier molecular flexibility index (Phi) is 8.17. The number of rotatable bonds is 9. The van der Waals surface area contributed by atoms with E-state index in [2.05, 4.69) is 17.5 Å². The topological polar surface area (TPSA) is 50.7 Å². The minimum absolute atomic E-state index is 0.0197. The largest absolute Gasteiger partial charge is 0.497 e. The van der Waals surface area contributed by atoms with Gasteiger partial charge in [-0.2, -0.15) is 5.10 Å². The van der Waals surface area contributed by atoms with E-state index in [0.29, 0.717) is 6.42 Å². The highest BCUT2D eigenvalue weighted by Gasteiger charge is 2.02. The van der Waals surface area contributed by atoms with Crippen LogP contribution in [0.4, 0.5) is 0 Å². The Labute approximate surface area is 127 Å². The van der Waals surface area contributed by atoms with Crippen LogP contribution >= 0.6 is 0 Å². The second kappa shape index (κ2) is 9.97. The number of benzene rings is 1. The van der Waals surface area contributed by atoms with Crippen molar-refractivity contribution >= 4 is 11.6 Å². The van der Waals surface area contributed by atoms with Gasteiger partial charge in [0.25, 0.3) is 0 Å². The number of hydrazone groups is 1. The predicted octanol–water partition coefficient (Wildman–Crippen LogP) is 3.90. The van der Waals surface area contributed by atoms with E-state index in [9.17, 15) is 4.79 Å². The van der Waals surface area contributed by atoms with Crippen LogP contribution in [0.1, 0.15) is 57.9 Å². The Bertz CT molecular complexity index is 470. The number of hydrogen-bond donors (Lipinski definition) is 1. The van der Waals surface area contributed by atoms with Crippen LogP contribution in [0, 0.1) is 0 Å². The van der Waals surface area contributed by atoms with Crippen LogP contribution in [0.25, 0.3) is 0 Å². The fraction of sp³-hybridized carbons (Fsp3) is 0.529. The van der Waals surface area contributed by atoms with Gasteiger partial charge in [0.1, 0.15) is 5.75 Å². The number of ether oxygens (including phenoxy) is 1. The minimum atomic E-state index is -0.0197. The van der Waals surface area contributed by atoms with Crippen LogP contribution in [0.15, 0.2) is 29.4 Å². The molecule has 0 aliphatic rings. The standard InChI is InChI=1S/C17H26N2O2/c1-4-5-6-7-8-12-17(20)19-18-14(2)15-10-9-11-16(13-15)21-3/h9-11,13H,4-8,12H2,1-3H3,(H,19,20). The van der Waals surface area contributed by atoms with Crippen molar-refractivity contribution in [1.29, 1.82) is 0 Å². The van der Waals surface area contributed by atoms with Crippen molar-refractivity contribution in [2.24, 2.45) is 5.10 Å². The first-order valence-electron chi connectivity index (χ1n) is 7.65. The Morgan fingerprint density at radius 1 is 1.24 bits per heavy atom. The lowest BCUT2D eigenvalue weighted by Gasteiger charge is -2.05. The lowest BCUT2D eigenvalue weighted by atomic mass is 10.1. The van der Waals surface area contributed by atoms with Crippen molar-refractivity contribution in [1.82, 2.24) is 5.43 Å². The zero-order chi connectivity index (χ0) is 15.5. The van der Waals surface area contributed by atoms with Crippen molar-refractivity contribution in [3.8, 4) is 5.75 Å². The maximum Gasteiger partial charge on any atom is 0.240 e. The van der Waals surface area contributed by atoms with E-state index in [1.54, 1.807) is 7.11 Å². The molecule has 0 heterocycles. The summed E-state index contributed by atoms with van der Waals surface area (Å²) in [7, 11) is 1.63. The van der Waals surface area contributed by atoms with Gasteiger partial charge in [0.15, 0.2) is 0 Å². The van der Waals surface area contributed by atoms with Crippen molar-refractivity contribution < 1.29 is 9.53 Å². The normalized spacial score (nSPS) is 11.3. The molecule has 0 unspecified atom stereocenters. The van der Waals surface area contributed by atoms with E-state index in [0.717, 1.165) is 29.9 Å². The summed E-state index contributed by atoms with van der Waals surface area (Å²) in [5.41, 5.74) is 4.33. The summed E-state index contributed by atoms with van der Waals surface area (Å²) in [6.45, 7) is 4.05. The van der Waals surface area contributed by atoms with Gasteiger partial charge in [0, 0.05) is 12.0 Å². The van der Waals surface area contributed by atoms with Gasteiger partial charge in [-0.05, 0) is 25.5 Å². The molecule has 0 bridgehead atoms. The van der Waals surface area contributed by atoms with Crippen molar-refractivity contribution in [3.05, 3.63) is 29.8 Å². The number of nitrogens with one attached hydrogen (secondary N) is 1. The maximum absolute atomic E-state index is 11.7. The molecular weight excluding hydrogens is 264 g/mol. The quantitative estimate of drug-likeness (QED) is 0.426. The molecule has 1 aromatic rings. The molecule has 1 N–H and O–H groups in total. The highest BCUT2D eigenvalue weighted by Crippen LogP contribution is 2.13. The van der Waals surface area contributed by atoms with Crippen molar-refractivity contribution in [3.63, 3.8) is 0 Å². The van der Waals surface area contributed by atoms with Crippen molar-refractivity contribution in [2.75, 3.05) is 7.11 Å². The smallest absolute Gasteiger partial charge is 0.240 e. The minimum Gasteiger partial charge on any atom is -0.497 e. The van der Waals surface area contributed by atoms with Gasteiger partial charge in [-0.15, -0.1) is 0 Å². The van der Waals surface area contributed by atoms with E-state index in [1.165, 1.54) is 19.3 Å². The molecule has 1 amide bonds. The third kappa shape index (κ3) is 6.93. The van der Waals surface area contributed by atoms with Gasteiger partial charge in [0.2, 0.25) is 5.91 Å². The molecule has 1 rings (SSSR count). The molecule has 0 aromatic heterocycles. The summed E-state index contributed by atoms with van der Waals surface area (Å²) >= 11 is 0. The molecule has 0 aliphatic heterocycles. The summed E-state index contributed by atoms with van der Waals surface area (Å²) in [5.74, 6) is 0.762. The lowest BCUT2D eigenvalue weighted by molar-refractivity contribution is -0.121. The Morgan fingerprint density at radius 2 is 2.00 bits per heavy atom. The van der Waals surface area contributed by atoms with Gasteiger partial charge >= 0.3 is 0 Å². The van der Waals surface area contributed by atoms with Gasteiger partial charge < -0.3 is 4.74 Å². The van der Waals surface area contributed by atoms with E-state index in [1.807, 2.05) is 31.2 Å². The molecule has 116 valence electrons. The number of unbranched alkanes of at least 4 members (excludes halogenated alkanes) is 4. The van der Waals surface area contributed by atoms with E-state index < -0.39 is 0 Å². The Balaban J connectivity index is 2.38. The first kappa shape index (κ1) is 17.2. The van der Waals surface area contributed by atoms with E-state index >= 15 is 0 Å². The SMILES string of the molecule is CCCCCCCC(=O)NN=C(C)c1cccc(OC)c1. The Morgan fingerprint density at radius 3 is 2.71 bits per heavy atom. The van der Waals surface area contributed by atoms with E-state index in [-0.39, 0.29) is 5.91 Å². The predicted molar refractivity (Wildman–Crippen MR) is 86.7 cm³/mol. The molecule has 0 radical (unpaired) electrons. The average Bonchev–Trinajstić information content (AvgIpc) is 2.52. The van der Waals surface area contributed by atoms with Crippen LogP contribution in [-0.4, -0.2) is 18.7 Å². The highest BCUT2D eigenvalue weighted by molar-refractivity contribution is 5.99. The second-order valence-corrected chi connectivity index (χ2v) is 5.13. The zero-order valence-corrected chi connectivity index (χ0v) is 13.3. The Hall–Kier alpha value is -1.84. The third-order valence-corrected chi connectivity index (χ3v) is 3.34.